The van der Waals surface area contributed by atoms with E-state index < -0.39 is 46.7 Å². The molecule has 2 unspecified atom stereocenters. The maximum absolute atomic E-state index is 12.7. The first kappa shape index (κ1) is 26.7. The van der Waals surface area contributed by atoms with Gasteiger partial charge in [-0.1, -0.05) is 23.4 Å². The van der Waals surface area contributed by atoms with E-state index in [0.29, 0.717) is 0 Å². The van der Waals surface area contributed by atoms with Crippen LogP contribution in [0.4, 0.5) is 5.13 Å². The van der Waals surface area contributed by atoms with Crippen LogP contribution in [-0.4, -0.2) is 71.4 Å². The molecule has 0 spiro atoms. The number of amides is 3. The SMILES string of the molecule is CON=C(C(=O)NC1C(=O)N(S(=O)(=O)[O-])C1CNC(=O)c1ccccc1)c1csc(N)n1.[Na+]. The van der Waals surface area contributed by atoms with E-state index in [1.165, 1.54) is 24.6 Å². The molecule has 1 aliphatic rings. The molecular weight excluding hydrogens is 487 g/mol. The molecule has 1 aliphatic heterocycles. The van der Waals surface area contributed by atoms with Gasteiger partial charge in [-0.15, -0.1) is 11.3 Å². The number of oxime groups is 1. The van der Waals surface area contributed by atoms with Crippen LogP contribution in [0.2, 0.25) is 0 Å². The molecule has 16 heteroatoms. The van der Waals surface area contributed by atoms with Crippen molar-refractivity contribution in [2.24, 2.45) is 5.16 Å². The summed E-state index contributed by atoms with van der Waals surface area (Å²) >= 11 is 1.04. The van der Waals surface area contributed by atoms with Crippen molar-refractivity contribution in [2.45, 2.75) is 12.1 Å². The van der Waals surface area contributed by atoms with Gasteiger partial charge < -0.3 is 25.8 Å². The van der Waals surface area contributed by atoms with E-state index in [2.05, 4.69) is 25.6 Å². The number of β-lactam (4-membered cyclic amide) rings is 1. The smallest absolute Gasteiger partial charge is 0.731 e. The first-order valence-corrected chi connectivity index (χ1v) is 11.1. The summed E-state index contributed by atoms with van der Waals surface area (Å²) in [5.41, 5.74) is 5.59. The molecule has 3 rings (SSSR count). The van der Waals surface area contributed by atoms with Gasteiger partial charge in [-0.25, -0.2) is 17.7 Å². The van der Waals surface area contributed by atoms with Gasteiger partial charge in [-0.3, -0.25) is 14.4 Å². The molecule has 2 heterocycles. The molecule has 3 amide bonds. The van der Waals surface area contributed by atoms with Crippen LogP contribution in [0.1, 0.15) is 16.1 Å². The van der Waals surface area contributed by atoms with Gasteiger partial charge in [0, 0.05) is 17.5 Å². The van der Waals surface area contributed by atoms with Gasteiger partial charge >= 0.3 is 29.6 Å². The molecule has 13 nitrogen and oxygen atoms in total. The summed E-state index contributed by atoms with van der Waals surface area (Å²) in [5, 5.41) is 9.90. The van der Waals surface area contributed by atoms with Crippen LogP contribution in [0.5, 0.6) is 0 Å². The Morgan fingerprint density at radius 3 is 2.55 bits per heavy atom. The Morgan fingerprint density at radius 1 is 1.33 bits per heavy atom. The monoisotopic (exact) mass is 504 g/mol. The number of nitrogens with two attached hydrogens (primary N) is 1. The zero-order valence-electron chi connectivity index (χ0n) is 17.4. The predicted octanol–water partition coefficient (Wildman–Crippen LogP) is -4.33. The van der Waals surface area contributed by atoms with Crippen LogP contribution >= 0.6 is 11.3 Å². The minimum Gasteiger partial charge on any atom is -0.731 e. The third-order valence-electron chi connectivity index (χ3n) is 4.37. The van der Waals surface area contributed by atoms with E-state index in [1.807, 2.05) is 0 Å². The Hall–Kier alpha value is -2.56. The van der Waals surface area contributed by atoms with Crippen LogP contribution in [0.15, 0.2) is 40.9 Å². The molecule has 1 saturated heterocycles. The van der Waals surface area contributed by atoms with Crippen molar-refractivity contribution < 1.29 is 61.7 Å². The number of aromatic nitrogens is 1. The van der Waals surface area contributed by atoms with Gasteiger partial charge in [0.25, 0.3) is 17.7 Å². The number of hydrogen-bond donors (Lipinski definition) is 3. The van der Waals surface area contributed by atoms with Gasteiger partial charge in [0.1, 0.15) is 18.8 Å². The molecule has 33 heavy (non-hydrogen) atoms. The zero-order valence-corrected chi connectivity index (χ0v) is 21.1. The molecule has 0 radical (unpaired) electrons. The molecule has 1 fully saturated rings. The Labute approximate surface area is 214 Å². The quantitative estimate of drug-likeness (QED) is 0.105. The number of nitrogens with zero attached hydrogens (tertiary/aromatic N) is 3. The van der Waals surface area contributed by atoms with Gasteiger partial charge in [0.15, 0.2) is 21.1 Å². The van der Waals surface area contributed by atoms with Crippen molar-refractivity contribution in [2.75, 3.05) is 19.4 Å². The van der Waals surface area contributed by atoms with E-state index in [4.69, 9.17) is 5.73 Å². The average Bonchev–Trinajstić information content (AvgIpc) is 3.17. The van der Waals surface area contributed by atoms with E-state index in [1.54, 1.807) is 18.2 Å². The fourth-order valence-corrected chi connectivity index (χ4v) is 4.35. The molecule has 170 valence electrons. The largest absolute Gasteiger partial charge is 1.00 e. The summed E-state index contributed by atoms with van der Waals surface area (Å²) in [6.07, 6.45) is 0. The zero-order chi connectivity index (χ0) is 23.5. The number of benzene rings is 1. The second-order valence-corrected chi connectivity index (χ2v) is 8.52. The Kier molecular flexibility index (Phi) is 8.93. The molecule has 0 aliphatic carbocycles. The van der Waals surface area contributed by atoms with Gasteiger partial charge in [0.05, 0.1) is 6.04 Å². The summed E-state index contributed by atoms with van der Waals surface area (Å²) in [7, 11) is -3.99. The van der Waals surface area contributed by atoms with E-state index in [0.717, 1.165) is 11.3 Å². The van der Waals surface area contributed by atoms with Crippen molar-refractivity contribution in [3.63, 3.8) is 0 Å². The maximum Gasteiger partial charge on any atom is 1.00 e. The van der Waals surface area contributed by atoms with Crippen LogP contribution < -0.4 is 45.9 Å². The summed E-state index contributed by atoms with van der Waals surface area (Å²) in [4.78, 5) is 45.8. The predicted molar refractivity (Wildman–Crippen MR) is 111 cm³/mol. The molecular formula is C17H17N6NaO7S2. The minimum absolute atomic E-state index is 0. The van der Waals surface area contributed by atoms with E-state index in [9.17, 15) is 27.4 Å². The number of thiazole rings is 1. The first-order valence-electron chi connectivity index (χ1n) is 8.89. The van der Waals surface area contributed by atoms with Crippen molar-refractivity contribution in [1.82, 2.24) is 19.9 Å². The van der Waals surface area contributed by atoms with Gasteiger partial charge in [-0.05, 0) is 12.1 Å². The molecule has 4 N–H and O–H groups in total. The molecule has 2 atom stereocenters. The Morgan fingerprint density at radius 2 is 2.00 bits per heavy atom. The fourth-order valence-electron chi connectivity index (χ4n) is 2.94. The third kappa shape index (κ3) is 6.07. The minimum atomic E-state index is -5.18. The number of rotatable bonds is 8. The number of nitrogen functional groups attached to an aromatic ring is 1. The average molecular weight is 504 g/mol. The molecule has 1 aromatic heterocycles. The Balaban J connectivity index is 0.00000385. The van der Waals surface area contributed by atoms with Gasteiger partial charge in [-0.2, -0.15) is 0 Å². The van der Waals surface area contributed by atoms with Gasteiger partial charge in [0.2, 0.25) is 0 Å². The first-order chi connectivity index (χ1) is 15.1. The van der Waals surface area contributed by atoms with E-state index >= 15 is 0 Å². The third-order valence-corrected chi connectivity index (χ3v) is 5.97. The molecule has 0 saturated carbocycles. The number of anilines is 1. The summed E-state index contributed by atoms with van der Waals surface area (Å²) in [6, 6.07) is 5.24. The van der Waals surface area contributed by atoms with Crippen LogP contribution in [0.3, 0.4) is 0 Å². The molecule has 2 aromatic rings. The van der Waals surface area contributed by atoms with Crippen LogP contribution in [0.25, 0.3) is 0 Å². The van der Waals surface area contributed by atoms with Crippen molar-refractivity contribution in [3.8, 4) is 0 Å². The molecule has 0 bridgehead atoms. The summed E-state index contributed by atoms with van der Waals surface area (Å²) < 4.78 is 34.6. The second-order valence-electron chi connectivity index (χ2n) is 6.38. The number of carbonyl (C=O) groups is 3. The fraction of sp³-hybridized carbons (Fsp3) is 0.235. The van der Waals surface area contributed by atoms with Crippen molar-refractivity contribution >= 4 is 50.2 Å². The summed E-state index contributed by atoms with van der Waals surface area (Å²) in [5.74, 6) is -2.63. The maximum atomic E-state index is 12.7. The van der Waals surface area contributed by atoms with Crippen LogP contribution in [-0.2, 0) is 24.7 Å². The number of hydrogen-bond acceptors (Lipinski definition) is 11. The number of nitrogens with one attached hydrogen (secondary N) is 2. The normalized spacial score (nSPS) is 18.1. The Bertz CT molecular complexity index is 1170. The van der Waals surface area contributed by atoms with Crippen LogP contribution in [0, 0.1) is 0 Å². The van der Waals surface area contributed by atoms with Crippen molar-refractivity contribution in [3.05, 3.63) is 47.0 Å². The molecule has 1 aromatic carbocycles. The van der Waals surface area contributed by atoms with Crippen molar-refractivity contribution in [1.29, 1.82) is 0 Å². The standard InChI is InChI=1S/C17H18N6O7S2.Na/c1-30-22-12(10-8-31-17(18)20-10)15(25)21-13-11(23(16(13)26)32(27,28)29)7-19-14(24)9-5-3-2-4-6-9;/h2-6,8,11,13H,7H2,1H3,(H2,18,20)(H,19,24)(H,21,25)(H,27,28,29);/q;+1/p-1. The summed E-state index contributed by atoms with van der Waals surface area (Å²) in [6.45, 7) is -0.410. The second kappa shape index (κ2) is 11.0. The number of carbonyl (C=O) groups excluding carboxylic acids is 3. The topological polar surface area (TPSA) is 196 Å². The van der Waals surface area contributed by atoms with E-state index in [-0.39, 0.29) is 56.0 Å².